The Morgan fingerprint density at radius 1 is 1.47 bits per heavy atom. The first-order chi connectivity index (χ1) is 9.22. The van der Waals surface area contributed by atoms with Gasteiger partial charge in [0.1, 0.15) is 0 Å². The van der Waals surface area contributed by atoms with Gasteiger partial charge in [0.2, 0.25) is 5.91 Å². The van der Waals surface area contributed by atoms with Gasteiger partial charge in [-0.25, -0.2) is 4.98 Å². The molecule has 104 valence electrons. The van der Waals surface area contributed by atoms with Gasteiger partial charge in [0.15, 0.2) is 0 Å². The molecule has 0 bridgehead atoms. The van der Waals surface area contributed by atoms with Crippen molar-refractivity contribution in [3.8, 4) is 0 Å². The predicted molar refractivity (Wildman–Crippen MR) is 76.3 cm³/mol. The van der Waals surface area contributed by atoms with E-state index in [-0.39, 0.29) is 6.04 Å². The molecule has 2 aliphatic rings. The van der Waals surface area contributed by atoms with Crippen LogP contribution in [0, 0.1) is 6.92 Å². The molecule has 0 radical (unpaired) electrons. The SMILES string of the molecule is Cc1csc(CCN2CCCC(NC3CC3)C2=O)n1. The largest absolute Gasteiger partial charge is 0.341 e. The predicted octanol–water partition coefficient (Wildman–Crippen LogP) is 1.74. The highest BCUT2D eigenvalue weighted by Gasteiger charge is 2.33. The zero-order valence-corrected chi connectivity index (χ0v) is 12.2. The summed E-state index contributed by atoms with van der Waals surface area (Å²) in [5.41, 5.74) is 1.08. The average Bonchev–Trinajstić information content (AvgIpc) is 3.12. The molecule has 19 heavy (non-hydrogen) atoms. The Labute approximate surface area is 118 Å². The lowest BCUT2D eigenvalue weighted by Crippen LogP contribution is -2.51. The van der Waals surface area contributed by atoms with E-state index >= 15 is 0 Å². The number of hydrogen-bond acceptors (Lipinski definition) is 4. The van der Waals surface area contributed by atoms with Crippen molar-refractivity contribution in [2.24, 2.45) is 0 Å². The minimum Gasteiger partial charge on any atom is -0.341 e. The normalized spacial score (nSPS) is 23.9. The first-order valence-electron chi connectivity index (χ1n) is 7.18. The lowest BCUT2D eigenvalue weighted by Gasteiger charge is -2.32. The van der Waals surface area contributed by atoms with Crippen LogP contribution in [-0.4, -0.2) is 41.0 Å². The second-order valence-corrected chi connectivity index (χ2v) is 6.54. The molecule has 1 aromatic heterocycles. The second-order valence-electron chi connectivity index (χ2n) is 5.59. The van der Waals surface area contributed by atoms with Gasteiger partial charge in [-0.1, -0.05) is 0 Å². The van der Waals surface area contributed by atoms with Crippen molar-refractivity contribution in [3.63, 3.8) is 0 Å². The number of carbonyl (C=O) groups is 1. The number of hydrogen-bond donors (Lipinski definition) is 1. The molecule has 1 saturated heterocycles. The molecule has 0 aromatic carbocycles. The number of rotatable bonds is 5. The van der Waals surface area contributed by atoms with Crippen LogP contribution in [0.5, 0.6) is 0 Å². The van der Waals surface area contributed by atoms with Crippen LogP contribution in [0.15, 0.2) is 5.38 Å². The third-order valence-corrected chi connectivity index (χ3v) is 4.83. The van der Waals surface area contributed by atoms with Gasteiger partial charge in [-0.2, -0.15) is 0 Å². The molecule has 4 nitrogen and oxygen atoms in total. The Morgan fingerprint density at radius 3 is 3.00 bits per heavy atom. The number of nitrogens with one attached hydrogen (secondary N) is 1. The van der Waals surface area contributed by atoms with Crippen LogP contribution < -0.4 is 5.32 Å². The molecule has 1 atom stereocenters. The molecule has 1 aliphatic heterocycles. The zero-order chi connectivity index (χ0) is 13.2. The van der Waals surface area contributed by atoms with Crippen LogP contribution in [0.25, 0.3) is 0 Å². The van der Waals surface area contributed by atoms with Gasteiger partial charge in [0.25, 0.3) is 0 Å². The van der Waals surface area contributed by atoms with Crippen molar-refractivity contribution < 1.29 is 4.79 Å². The second kappa shape index (κ2) is 5.59. The molecule has 2 fully saturated rings. The van der Waals surface area contributed by atoms with Crippen molar-refractivity contribution in [2.45, 2.75) is 51.1 Å². The molecule has 1 aliphatic carbocycles. The minimum atomic E-state index is 0.0688. The Morgan fingerprint density at radius 2 is 2.32 bits per heavy atom. The van der Waals surface area contributed by atoms with Gasteiger partial charge in [-0.05, 0) is 32.6 Å². The maximum absolute atomic E-state index is 12.4. The molecule has 1 saturated carbocycles. The van der Waals surface area contributed by atoms with E-state index in [1.54, 1.807) is 11.3 Å². The fourth-order valence-corrected chi connectivity index (χ4v) is 3.36. The van der Waals surface area contributed by atoms with E-state index in [0.29, 0.717) is 11.9 Å². The molecule has 1 unspecified atom stereocenters. The molecule has 1 aromatic rings. The number of aryl methyl sites for hydroxylation is 1. The third kappa shape index (κ3) is 3.34. The summed E-state index contributed by atoms with van der Waals surface area (Å²) in [6.45, 7) is 3.74. The lowest BCUT2D eigenvalue weighted by atomic mass is 10.0. The number of thiazole rings is 1. The van der Waals surface area contributed by atoms with Crippen LogP contribution in [0.3, 0.4) is 0 Å². The molecule has 2 heterocycles. The quantitative estimate of drug-likeness (QED) is 0.893. The van der Waals surface area contributed by atoms with Crippen LogP contribution in [-0.2, 0) is 11.2 Å². The van der Waals surface area contributed by atoms with E-state index in [4.69, 9.17) is 0 Å². The summed E-state index contributed by atoms with van der Waals surface area (Å²) >= 11 is 1.70. The molecule has 1 amide bonds. The van der Waals surface area contributed by atoms with E-state index < -0.39 is 0 Å². The topological polar surface area (TPSA) is 45.2 Å². The number of piperidine rings is 1. The van der Waals surface area contributed by atoms with Gasteiger partial charge in [0.05, 0.1) is 11.0 Å². The Balaban J connectivity index is 1.52. The summed E-state index contributed by atoms with van der Waals surface area (Å²) in [5, 5.41) is 6.69. The molecule has 0 spiro atoms. The van der Waals surface area contributed by atoms with Gasteiger partial charge in [-0.15, -0.1) is 11.3 Å². The first-order valence-corrected chi connectivity index (χ1v) is 8.06. The summed E-state index contributed by atoms with van der Waals surface area (Å²) in [7, 11) is 0. The fourth-order valence-electron chi connectivity index (χ4n) is 2.60. The van der Waals surface area contributed by atoms with E-state index in [9.17, 15) is 4.79 Å². The molecule has 5 heteroatoms. The van der Waals surface area contributed by atoms with E-state index in [1.165, 1.54) is 12.8 Å². The Hall–Kier alpha value is -0.940. The summed E-state index contributed by atoms with van der Waals surface area (Å²) in [4.78, 5) is 18.8. The maximum atomic E-state index is 12.4. The van der Waals surface area contributed by atoms with Crippen LogP contribution >= 0.6 is 11.3 Å². The Kier molecular flexibility index (Phi) is 3.84. The van der Waals surface area contributed by atoms with Crippen LogP contribution in [0.4, 0.5) is 0 Å². The fraction of sp³-hybridized carbons (Fsp3) is 0.714. The van der Waals surface area contributed by atoms with E-state index in [0.717, 1.165) is 43.1 Å². The van der Waals surface area contributed by atoms with Gasteiger partial charge >= 0.3 is 0 Å². The van der Waals surface area contributed by atoms with Gasteiger partial charge in [0, 0.05) is 36.6 Å². The van der Waals surface area contributed by atoms with Gasteiger partial charge in [-0.3, -0.25) is 4.79 Å². The van der Waals surface area contributed by atoms with Crippen molar-refractivity contribution in [2.75, 3.05) is 13.1 Å². The van der Waals surface area contributed by atoms with Crippen molar-refractivity contribution in [3.05, 3.63) is 16.1 Å². The summed E-state index contributed by atoms with van der Waals surface area (Å²) in [5.74, 6) is 0.298. The average molecular weight is 279 g/mol. The highest BCUT2D eigenvalue weighted by atomic mass is 32.1. The number of nitrogens with zero attached hydrogens (tertiary/aromatic N) is 2. The van der Waals surface area contributed by atoms with Crippen LogP contribution in [0.1, 0.15) is 36.4 Å². The highest BCUT2D eigenvalue weighted by molar-refractivity contribution is 7.09. The standard InChI is InChI=1S/C14H21N3OS/c1-10-9-19-13(15-10)6-8-17-7-2-3-12(14(17)18)16-11-4-5-11/h9,11-12,16H,2-8H2,1H3. The first kappa shape index (κ1) is 13.1. The minimum absolute atomic E-state index is 0.0688. The number of aromatic nitrogens is 1. The zero-order valence-electron chi connectivity index (χ0n) is 11.4. The molecule has 3 rings (SSSR count). The Bertz CT molecular complexity index is 455. The third-order valence-electron chi connectivity index (χ3n) is 3.81. The maximum Gasteiger partial charge on any atom is 0.239 e. The van der Waals surface area contributed by atoms with Crippen LogP contribution in [0.2, 0.25) is 0 Å². The highest BCUT2D eigenvalue weighted by Crippen LogP contribution is 2.22. The number of carbonyl (C=O) groups excluding carboxylic acids is 1. The smallest absolute Gasteiger partial charge is 0.239 e. The van der Waals surface area contributed by atoms with Gasteiger partial charge < -0.3 is 10.2 Å². The van der Waals surface area contributed by atoms with Crippen molar-refractivity contribution >= 4 is 17.2 Å². The van der Waals surface area contributed by atoms with E-state index in [2.05, 4.69) is 15.7 Å². The summed E-state index contributed by atoms with van der Waals surface area (Å²) < 4.78 is 0. The molecular formula is C14H21N3OS. The summed E-state index contributed by atoms with van der Waals surface area (Å²) in [6, 6.07) is 0.676. The van der Waals surface area contributed by atoms with Crippen molar-refractivity contribution in [1.82, 2.24) is 15.2 Å². The number of amides is 1. The number of likely N-dealkylation sites (tertiary alicyclic amines) is 1. The molecular weight excluding hydrogens is 258 g/mol. The lowest BCUT2D eigenvalue weighted by molar-refractivity contribution is -0.136. The molecule has 1 N–H and O–H groups in total. The van der Waals surface area contributed by atoms with E-state index in [1.807, 2.05) is 11.8 Å². The summed E-state index contributed by atoms with van der Waals surface area (Å²) in [6.07, 6.45) is 5.49. The van der Waals surface area contributed by atoms with Crippen molar-refractivity contribution in [1.29, 1.82) is 0 Å². The monoisotopic (exact) mass is 279 g/mol.